The predicted molar refractivity (Wildman–Crippen MR) is 136 cm³/mol. The fraction of sp³-hybridized carbons (Fsp3) is 0.462. The van der Waals surface area contributed by atoms with Gasteiger partial charge in [-0.2, -0.15) is 4.80 Å². The third-order valence-corrected chi connectivity index (χ3v) is 6.33. The lowest BCUT2D eigenvalue weighted by atomic mass is 9.85. The van der Waals surface area contributed by atoms with Crippen molar-refractivity contribution in [1.29, 1.82) is 0 Å². The van der Waals surface area contributed by atoms with Crippen LogP contribution in [-0.2, 0) is 22.6 Å². The van der Waals surface area contributed by atoms with E-state index in [9.17, 15) is 9.59 Å². The molecule has 2 atom stereocenters. The van der Waals surface area contributed by atoms with Crippen LogP contribution in [0.2, 0.25) is 0 Å². The van der Waals surface area contributed by atoms with Crippen LogP contribution >= 0.6 is 0 Å². The van der Waals surface area contributed by atoms with Crippen LogP contribution in [-0.4, -0.2) is 63.9 Å². The van der Waals surface area contributed by atoms with Gasteiger partial charge in [-0.15, -0.1) is 10.2 Å². The van der Waals surface area contributed by atoms with E-state index in [0.29, 0.717) is 36.1 Å². The first-order valence-corrected chi connectivity index (χ1v) is 12.4. The summed E-state index contributed by atoms with van der Waals surface area (Å²) in [5.74, 6) is 1.12. The van der Waals surface area contributed by atoms with E-state index in [1.807, 2.05) is 37.3 Å². The summed E-state index contributed by atoms with van der Waals surface area (Å²) in [5, 5.41) is 18.9. The maximum absolute atomic E-state index is 12.8. The molecule has 2 aromatic heterocycles. The number of pyridine rings is 1. The molecule has 0 unspecified atom stereocenters. The van der Waals surface area contributed by atoms with Crippen molar-refractivity contribution < 1.29 is 19.1 Å². The molecule has 0 saturated heterocycles. The zero-order chi connectivity index (χ0) is 26.2. The molecule has 37 heavy (non-hydrogen) atoms. The van der Waals surface area contributed by atoms with E-state index in [2.05, 4.69) is 31.0 Å². The van der Waals surface area contributed by atoms with Crippen LogP contribution in [0.5, 0.6) is 5.75 Å². The summed E-state index contributed by atoms with van der Waals surface area (Å²) in [7, 11) is 3.12. The molecule has 1 fully saturated rings. The molecule has 1 saturated carbocycles. The minimum atomic E-state index is -0.288. The van der Waals surface area contributed by atoms with Crippen molar-refractivity contribution in [3.8, 4) is 17.1 Å². The van der Waals surface area contributed by atoms with Gasteiger partial charge in [0.2, 0.25) is 11.7 Å². The van der Waals surface area contributed by atoms with E-state index in [1.54, 1.807) is 18.0 Å². The lowest BCUT2D eigenvalue weighted by molar-refractivity contribution is -0.125. The van der Waals surface area contributed by atoms with Crippen molar-refractivity contribution in [2.75, 3.05) is 20.8 Å². The molecule has 2 N–H and O–H groups in total. The van der Waals surface area contributed by atoms with Crippen molar-refractivity contribution in [3.05, 3.63) is 53.3 Å². The van der Waals surface area contributed by atoms with Gasteiger partial charge in [-0.3, -0.25) is 9.59 Å². The van der Waals surface area contributed by atoms with Crippen LogP contribution in [0.25, 0.3) is 11.4 Å². The molecule has 3 aromatic rings. The SMILES string of the molecule is COCC(=O)N[C@@H]1CCC[C@H](Cn2nnc(-c3cc(C)nc(C(=O)NCc4cccc(OC)c4)c3)n2)C1. The molecular formula is C26H33N7O4. The normalized spacial score (nSPS) is 17.3. The molecule has 2 heterocycles. The van der Waals surface area contributed by atoms with Crippen LogP contribution in [0.15, 0.2) is 36.4 Å². The van der Waals surface area contributed by atoms with Gasteiger partial charge in [0, 0.05) is 31.0 Å². The lowest BCUT2D eigenvalue weighted by Crippen LogP contribution is -2.40. The molecule has 11 nitrogen and oxygen atoms in total. The van der Waals surface area contributed by atoms with E-state index < -0.39 is 0 Å². The maximum Gasteiger partial charge on any atom is 0.270 e. The van der Waals surface area contributed by atoms with Gasteiger partial charge in [-0.05, 0) is 67.1 Å². The summed E-state index contributed by atoms with van der Waals surface area (Å²) in [6.45, 7) is 2.86. The molecule has 0 aliphatic heterocycles. The number of benzene rings is 1. The van der Waals surface area contributed by atoms with E-state index in [1.165, 1.54) is 7.11 Å². The molecular weight excluding hydrogens is 474 g/mol. The third-order valence-electron chi connectivity index (χ3n) is 6.33. The van der Waals surface area contributed by atoms with Crippen molar-refractivity contribution in [3.63, 3.8) is 0 Å². The number of hydrogen-bond donors (Lipinski definition) is 2. The molecule has 2 amide bonds. The third kappa shape index (κ3) is 7.32. The summed E-state index contributed by atoms with van der Waals surface area (Å²) in [5.41, 5.74) is 2.57. The highest BCUT2D eigenvalue weighted by Crippen LogP contribution is 2.26. The Morgan fingerprint density at radius 3 is 2.84 bits per heavy atom. The molecule has 1 aliphatic rings. The van der Waals surface area contributed by atoms with Gasteiger partial charge >= 0.3 is 0 Å². The van der Waals surface area contributed by atoms with Crippen molar-refractivity contribution in [1.82, 2.24) is 35.8 Å². The van der Waals surface area contributed by atoms with Gasteiger partial charge in [0.05, 0.1) is 13.7 Å². The summed E-state index contributed by atoms with van der Waals surface area (Å²) in [4.78, 5) is 30.7. The van der Waals surface area contributed by atoms with Crippen LogP contribution in [0.4, 0.5) is 0 Å². The van der Waals surface area contributed by atoms with E-state index in [0.717, 1.165) is 37.0 Å². The Kier molecular flexibility index (Phi) is 8.78. The van der Waals surface area contributed by atoms with Gasteiger partial charge in [0.25, 0.3) is 5.91 Å². The lowest BCUT2D eigenvalue weighted by Gasteiger charge is -2.29. The second kappa shape index (κ2) is 12.4. The summed E-state index contributed by atoms with van der Waals surface area (Å²) < 4.78 is 10.1. The number of hydrogen-bond acceptors (Lipinski definition) is 8. The molecule has 0 radical (unpaired) electrons. The van der Waals surface area contributed by atoms with Gasteiger partial charge in [-0.25, -0.2) is 4.98 Å². The van der Waals surface area contributed by atoms with E-state index in [-0.39, 0.29) is 30.2 Å². The Morgan fingerprint density at radius 1 is 1.16 bits per heavy atom. The van der Waals surface area contributed by atoms with Gasteiger partial charge in [0.1, 0.15) is 18.1 Å². The minimum Gasteiger partial charge on any atom is -0.497 e. The Balaban J connectivity index is 1.38. The number of aryl methyl sites for hydroxylation is 1. The fourth-order valence-corrected chi connectivity index (χ4v) is 4.62. The average molecular weight is 508 g/mol. The monoisotopic (exact) mass is 507 g/mol. The smallest absolute Gasteiger partial charge is 0.270 e. The Bertz CT molecular complexity index is 1230. The van der Waals surface area contributed by atoms with Gasteiger partial charge < -0.3 is 20.1 Å². The van der Waals surface area contributed by atoms with Crippen LogP contribution in [0, 0.1) is 12.8 Å². The topological polar surface area (TPSA) is 133 Å². The second-order valence-corrected chi connectivity index (χ2v) is 9.31. The molecule has 11 heteroatoms. The van der Waals surface area contributed by atoms with Crippen molar-refractivity contribution >= 4 is 11.8 Å². The second-order valence-electron chi connectivity index (χ2n) is 9.31. The zero-order valence-electron chi connectivity index (χ0n) is 21.4. The minimum absolute atomic E-state index is 0.0710. The number of nitrogens with zero attached hydrogens (tertiary/aromatic N) is 5. The average Bonchev–Trinajstić information content (AvgIpc) is 3.36. The number of methoxy groups -OCH3 is 2. The first kappa shape index (κ1) is 26.2. The number of carbonyl (C=O) groups is 2. The standard InChI is InChI=1S/C26H33N7O4/c1-17-10-20(13-23(28-17)26(35)27-14-18-6-5-9-22(12-18)37-3)25-30-32-33(31-25)15-19-7-4-8-21(11-19)29-24(34)16-36-2/h5-6,9-10,12-13,19,21H,4,7-8,11,14-16H2,1-3H3,(H,27,35)(H,29,34)/t19-,21+/m0/s1. The Labute approximate surface area is 216 Å². The number of nitrogens with one attached hydrogen (secondary N) is 2. The van der Waals surface area contributed by atoms with Crippen LogP contribution in [0.3, 0.4) is 0 Å². The molecule has 1 aromatic carbocycles. The Hall–Kier alpha value is -3.86. The van der Waals surface area contributed by atoms with Crippen molar-refractivity contribution in [2.24, 2.45) is 5.92 Å². The van der Waals surface area contributed by atoms with Crippen molar-refractivity contribution in [2.45, 2.75) is 51.7 Å². The zero-order valence-corrected chi connectivity index (χ0v) is 21.4. The van der Waals surface area contributed by atoms with Crippen LogP contribution < -0.4 is 15.4 Å². The summed E-state index contributed by atoms with van der Waals surface area (Å²) in [6.07, 6.45) is 3.89. The number of carbonyl (C=O) groups excluding carboxylic acids is 2. The number of aromatic nitrogens is 5. The molecule has 0 spiro atoms. The summed E-state index contributed by atoms with van der Waals surface area (Å²) in [6, 6.07) is 11.2. The molecule has 0 bridgehead atoms. The highest BCUT2D eigenvalue weighted by atomic mass is 16.5. The Morgan fingerprint density at radius 2 is 2.03 bits per heavy atom. The maximum atomic E-state index is 12.8. The fourth-order valence-electron chi connectivity index (χ4n) is 4.62. The first-order valence-electron chi connectivity index (χ1n) is 12.4. The van der Waals surface area contributed by atoms with E-state index in [4.69, 9.17) is 9.47 Å². The summed E-state index contributed by atoms with van der Waals surface area (Å²) >= 11 is 0. The van der Waals surface area contributed by atoms with Crippen LogP contribution in [0.1, 0.15) is 47.4 Å². The molecule has 4 rings (SSSR count). The molecule has 196 valence electrons. The number of amides is 2. The number of ether oxygens (including phenoxy) is 2. The number of tetrazole rings is 1. The quantitative estimate of drug-likeness (QED) is 0.427. The molecule has 1 aliphatic carbocycles. The van der Waals surface area contributed by atoms with E-state index >= 15 is 0 Å². The highest BCUT2D eigenvalue weighted by Gasteiger charge is 2.24. The van der Waals surface area contributed by atoms with Gasteiger partial charge in [0.15, 0.2) is 0 Å². The number of rotatable bonds is 10. The largest absolute Gasteiger partial charge is 0.497 e. The first-order chi connectivity index (χ1) is 17.9. The predicted octanol–water partition coefficient (Wildman–Crippen LogP) is 2.30. The van der Waals surface area contributed by atoms with Gasteiger partial charge in [-0.1, -0.05) is 18.6 Å². The highest BCUT2D eigenvalue weighted by molar-refractivity contribution is 5.93.